The summed E-state index contributed by atoms with van der Waals surface area (Å²) in [6.45, 7) is 2.47. The van der Waals surface area contributed by atoms with Crippen LogP contribution in [0.3, 0.4) is 0 Å². The van der Waals surface area contributed by atoms with Crippen LogP contribution in [0.5, 0.6) is 5.75 Å². The molecule has 96 valence electrons. The SMILES string of the molecule is CC(Cc1cccc(OCCN)c1)S(N)(=O)=O. The van der Waals surface area contributed by atoms with Crippen molar-refractivity contribution in [3.8, 4) is 5.75 Å². The molecule has 0 saturated carbocycles. The van der Waals surface area contributed by atoms with Crippen molar-refractivity contribution in [3.05, 3.63) is 29.8 Å². The van der Waals surface area contributed by atoms with Crippen LogP contribution in [-0.2, 0) is 16.4 Å². The van der Waals surface area contributed by atoms with Crippen molar-refractivity contribution in [1.29, 1.82) is 0 Å². The molecular formula is C11H18N2O3S. The molecule has 6 heteroatoms. The van der Waals surface area contributed by atoms with Gasteiger partial charge in [0.15, 0.2) is 0 Å². The number of primary sulfonamides is 1. The molecule has 0 saturated heterocycles. The summed E-state index contributed by atoms with van der Waals surface area (Å²) in [6, 6.07) is 7.27. The molecule has 0 bridgehead atoms. The van der Waals surface area contributed by atoms with Crippen LogP contribution in [0.1, 0.15) is 12.5 Å². The minimum absolute atomic E-state index is 0.374. The average Bonchev–Trinajstić information content (AvgIpc) is 2.25. The lowest BCUT2D eigenvalue weighted by Crippen LogP contribution is -2.27. The van der Waals surface area contributed by atoms with Crippen LogP contribution in [0, 0.1) is 0 Å². The highest BCUT2D eigenvalue weighted by atomic mass is 32.2. The van der Waals surface area contributed by atoms with Crippen molar-refractivity contribution in [1.82, 2.24) is 0 Å². The first-order valence-electron chi connectivity index (χ1n) is 5.37. The predicted molar refractivity (Wildman–Crippen MR) is 67.3 cm³/mol. The zero-order valence-electron chi connectivity index (χ0n) is 9.80. The molecule has 0 fully saturated rings. The van der Waals surface area contributed by atoms with Gasteiger partial charge < -0.3 is 10.5 Å². The van der Waals surface area contributed by atoms with Crippen molar-refractivity contribution in [2.75, 3.05) is 13.2 Å². The lowest BCUT2D eigenvalue weighted by molar-refractivity contribution is 0.328. The Hall–Kier alpha value is -1.11. The quantitative estimate of drug-likeness (QED) is 0.764. The molecule has 0 aliphatic heterocycles. The summed E-state index contributed by atoms with van der Waals surface area (Å²) in [7, 11) is -3.49. The molecule has 0 amide bonds. The molecule has 4 N–H and O–H groups in total. The summed E-state index contributed by atoms with van der Waals surface area (Å²) < 4.78 is 27.6. The predicted octanol–water partition coefficient (Wildman–Crippen LogP) is 0.244. The summed E-state index contributed by atoms with van der Waals surface area (Å²) in [5.74, 6) is 0.689. The van der Waals surface area contributed by atoms with E-state index in [1.807, 2.05) is 12.1 Å². The minimum atomic E-state index is -3.49. The van der Waals surface area contributed by atoms with E-state index in [9.17, 15) is 8.42 Å². The fourth-order valence-electron chi connectivity index (χ4n) is 1.39. The maximum absolute atomic E-state index is 11.1. The molecule has 5 nitrogen and oxygen atoms in total. The van der Waals surface area contributed by atoms with Crippen LogP contribution >= 0.6 is 0 Å². The zero-order valence-corrected chi connectivity index (χ0v) is 10.6. The summed E-state index contributed by atoms with van der Waals surface area (Å²) in [4.78, 5) is 0. The summed E-state index contributed by atoms with van der Waals surface area (Å²) in [6.07, 6.45) is 0.374. The van der Waals surface area contributed by atoms with E-state index in [1.165, 1.54) is 0 Å². The Balaban J connectivity index is 2.72. The molecule has 0 heterocycles. The molecule has 1 aromatic carbocycles. The number of rotatable bonds is 6. The number of benzene rings is 1. The summed E-state index contributed by atoms with van der Waals surface area (Å²) >= 11 is 0. The van der Waals surface area contributed by atoms with E-state index in [0.717, 1.165) is 5.56 Å². The molecule has 1 atom stereocenters. The number of ether oxygens (including phenoxy) is 1. The second-order valence-corrected chi connectivity index (χ2v) is 5.87. The molecule has 1 unspecified atom stereocenters. The molecule has 1 rings (SSSR count). The lowest BCUT2D eigenvalue weighted by Gasteiger charge is -2.10. The monoisotopic (exact) mass is 258 g/mol. The van der Waals surface area contributed by atoms with Gasteiger partial charge in [0.05, 0.1) is 5.25 Å². The third-order valence-electron chi connectivity index (χ3n) is 2.37. The van der Waals surface area contributed by atoms with Gasteiger partial charge >= 0.3 is 0 Å². The van der Waals surface area contributed by atoms with Gasteiger partial charge in [-0.15, -0.1) is 0 Å². The van der Waals surface area contributed by atoms with Gasteiger partial charge in [0, 0.05) is 6.54 Å². The third-order valence-corrected chi connectivity index (χ3v) is 3.66. The van der Waals surface area contributed by atoms with Gasteiger partial charge in [-0.25, -0.2) is 13.6 Å². The second-order valence-electron chi connectivity index (χ2n) is 3.89. The number of sulfonamides is 1. The molecule has 17 heavy (non-hydrogen) atoms. The Bertz CT molecular complexity index is 460. The highest BCUT2D eigenvalue weighted by Gasteiger charge is 2.16. The van der Waals surface area contributed by atoms with E-state index < -0.39 is 15.3 Å². The molecule has 0 aliphatic carbocycles. The van der Waals surface area contributed by atoms with Gasteiger partial charge in [-0.2, -0.15) is 0 Å². The number of nitrogens with two attached hydrogens (primary N) is 2. The first-order chi connectivity index (χ1) is 7.93. The molecule has 1 aromatic rings. The maximum Gasteiger partial charge on any atom is 0.212 e. The van der Waals surface area contributed by atoms with Crippen LogP contribution < -0.4 is 15.6 Å². The smallest absolute Gasteiger partial charge is 0.212 e. The molecule has 0 radical (unpaired) electrons. The lowest BCUT2D eigenvalue weighted by atomic mass is 10.1. The van der Waals surface area contributed by atoms with E-state index in [0.29, 0.717) is 25.3 Å². The van der Waals surface area contributed by atoms with Gasteiger partial charge in [-0.3, -0.25) is 0 Å². The van der Waals surface area contributed by atoms with Gasteiger partial charge in [0.2, 0.25) is 10.0 Å². The summed E-state index contributed by atoms with van der Waals surface area (Å²) in [5, 5.41) is 4.47. The normalized spacial score (nSPS) is 13.4. The maximum atomic E-state index is 11.1. The van der Waals surface area contributed by atoms with Crippen molar-refractivity contribution in [2.24, 2.45) is 10.9 Å². The minimum Gasteiger partial charge on any atom is -0.492 e. The highest BCUT2D eigenvalue weighted by Crippen LogP contribution is 2.15. The van der Waals surface area contributed by atoms with Crippen LogP contribution in [-0.4, -0.2) is 26.8 Å². The van der Waals surface area contributed by atoms with Crippen molar-refractivity contribution < 1.29 is 13.2 Å². The van der Waals surface area contributed by atoms with Crippen LogP contribution in [0.2, 0.25) is 0 Å². The van der Waals surface area contributed by atoms with Crippen molar-refractivity contribution in [3.63, 3.8) is 0 Å². The third kappa shape index (κ3) is 4.72. The second kappa shape index (κ2) is 6.00. The van der Waals surface area contributed by atoms with E-state index >= 15 is 0 Å². The molecule has 0 spiro atoms. The Kier molecular flexibility index (Phi) is 4.92. The Morgan fingerprint density at radius 2 is 2.12 bits per heavy atom. The first kappa shape index (κ1) is 14.0. The van der Waals surface area contributed by atoms with Crippen molar-refractivity contribution >= 4 is 10.0 Å². The van der Waals surface area contributed by atoms with Crippen molar-refractivity contribution in [2.45, 2.75) is 18.6 Å². The fraction of sp³-hybridized carbons (Fsp3) is 0.455. The number of hydrogen-bond acceptors (Lipinski definition) is 4. The molecule has 0 aliphatic rings. The van der Waals surface area contributed by atoms with Gasteiger partial charge in [0.25, 0.3) is 0 Å². The Labute approximate surface area is 102 Å². The van der Waals surface area contributed by atoms with Gasteiger partial charge in [-0.1, -0.05) is 12.1 Å². The fourth-order valence-corrected chi connectivity index (χ4v) is 1.81. The zero-order chi connectivity index (χ0) is 12.9. The van der Waals surface area contributed by atoms with Crippen LogP contribution in [0.15, 0.2) is 24.3 Å². The van der Waals surface area contributed by atoms with E-state index in [2.05, 4.69) is 0 Å². The molecule has 0 aromatic heterocycles. The molecular weight excluding hydrogens is 240 g/mol. The average molecular weight is 258 g/mol. The topological polar surface area (TPSA) is 95.4 Å². The van der Waals surface area contributed by atoms with Gasteiger partial charge in [-0.05, 0) is 31.0 Å². The Morgan fingerprint density at radius 3 is 2.71 bits per heavy atom. The van der Waals surface area contributed by atoms with Gasteiger partial charge in [0.1, 0.15) is 12.4 Å². The number of hydrogen-bond donors (Lipinski definition) is 2. The van der Waals surface area contributed by atoms with E-state index in [1.54, 1.807) is 19.1 Å². The first-order valence-corrected chi connectivity index (χ1v) is 6.98. The van der Waals surface area contributed by atoms with Crippen LogP contribution in [0.4, 0.5) is 0 Å². The highest BCUT2D eigenvalue weighted by molar-refractivity contribution is 7.89. The largest absolute Gasteiger partial charge is 0.492 e. The summed E-state index contributed by atoms with van der Waals surface area (Å²) in [5.41, 5.74) is 6.21. The standard InChI is InChI=1S/C11H18N2O3S/c1-9(17(13,14)15)7-10-3-2-4-11(8-10)16-6-5-12/h2-4,8-9H,5-7,12H2,1H3,(H2,13,14,15). The van der Waals surface area contributed by atoms with E-state index in [4.69, 9.17) is 15.6 Å². The van der Waals surface area contributed by atoms with Crippen LogP contribution in [0.25, 0.3) is 0 Å². The Morgan fingerprint density at radius 1 is 1.41 bits per heavy atom. The van der Waals surface area contributed by atoms with E-state index in [-0.39, 0.29) is 0 Å².